The van der Waals surface area contributed by atoms with Crippen LogP contribution in [0.2, 0.25) is 0 Å². The molecular formula is C14H27N3O2. The van der Waals surface area contributed by atoms with Gasteiger partial charge in [-0.2, -0.15) is 0 Å². The van der Waals surface area contributed by atoms with Gasteiger partial charge in [0.25, 0.3) is 5.91 Å². The van der Waals surface area contributed by atoms with Gasteiger partial charge in [0, 0.05) is 44.9 Å². The number of amides is 1. The molecule has 0 aliphatic carbocycles. The third-order valence-corrected chi connectivity index (χ3v) is 4.59. The molecule has 0 saturated carbocycles. The van der Waals surface area contributed by atoms with E-state index in [4.69, 9.17) is 10.5 Å². The van der Waals surface area contributed by atoms with E-state index in [9.17, 15) is 4.79 Å². The zero-order valence-corrected chi connectivity index (χ0v) is 12.4. The third kappa shape index (κ3) is 2.93. The molecule has 2 rings (SSSR count). The Bertz CT molecular complexity index is 330. The highest BCUT2D eigenvalue weighted by atomic mass is 16.5. The number of ether oxygens (including phenoxy) is 1. The van der Waals surface area contributed by atoms with Crippen LogP contribution in [0.3, 0.4) is 0 Å². The number of nitrogens with two attached hydrogens (primary N) is 1. The van der Waals surface area contributed by atoms with Crippen LogP contribution in [-0.2, 0) is 9.53 Å². The average molecular weight is 269 g/mol. The fourth-order valence-electron chi connectivity index (χ4n) is 2.93. The summed E-state index contributed by atoms with van der Waals surface area (Å²) < 4.78 is 5.65. The molecule has 0 aromatic heterocycles. The van der Waals surface area contributed by atoms with Gasteiger partial charge >= 0.3 is 0 Å². The maximum absolute atomic E-state index is 12.5. The molecule has 1 unspecified atom stereocenters. The van der Waals surface area contributed by atoms with Crippen molar-refractivity contribution in [1.82, 2.24) is 9.80 Å². The molecule has 0 aromatic rings. The molecule has 110 valence electrons. The van der Waals surface area contributed by atoms with Gasteiger partial charge < -0.3 is 15.4 Å². The highest BCUT2D eigenvalue weighted by molar-refractivity contribution is 5.85. The summed E-state index contributed by atoms with van der Waals surface area (Å²) >= 11 is 0. The molecule has 2 fully saturated rings. The summed E-state index contributed by atoms with van der Waals surface area (Å²) in [6.45, 7) is 10.9. The van der Waals surface area contributed by atoms with Crippen molar-refractivity contribution in [3.8, 4) is 0 Å². The van der Waals surface area contributed by atoms with E-state index in [1.165, 1.54) is 0 Å². The molecule has 2 heterocycles. The van der Waals surface area contributed by atoms with Crippen molar-refractivity contribution in [1.29, 1.82) is 0 Å². The van der Waals surface area contributed by atoms with E-state index in [0.717, 1.165) is 39.0 Å². The van der Waals surface area contributed by atoms with Crippen LogP contribution < -0.4 is 5.73 Å². The van der Waals surface area contributed by atoms with Gasteiger partial charge in [0.1, 0.15) is 5.60 Å². The van der Waals surface area contributed by atoms with Gasteiger partial charge in [-0.05, 0) is 33.6 Å². The van der Waals surface area contributed by atoms with Crippen molar-refractivity contribution < 1.29 is 9.53 Å². The second kappa shape index (κ2) is 5.38. The first-order valence-electron chi connectivity index (χ1n) is 7.27. The van der Waals surface area contributed by atoms with Crippen LogP contribution in [0.1, 0.15) is 33.6 Å². The van der Waals surface area contributed by atoms with Crippen molar-refractivity contribution >= 4 is 5.91 Å². The number of hydrogen-bond donors (Lipinski definition) is 1. The Balaban J connectivity index is 1.91. The van der Waals surface area contributed by atoms with Crippen LogP contribution in [0.25, 0.3) is 0 Å². The van der Waals surface area contributed by atoms with Crippen molar-refractivity contribution in [2.75, 3.05) is 39.3 Å². The van der Waals surface area contributed by atoms with E-state index in [-0.39, 0.29) is 11.4 Å². The van der Waals surface area contributed by atoms with Gasteiger partial charge in [0.2, 0.25) is 0 Å². The Kier molecular flexibility index (Phi) is 4.18. The van der Waals surface area contributed by atoms with Crippen LogP contribution in [0.5, 0.6) is 0 Å². The summed E-state index contributed by atoms with van der Waals surface area (Å²) in [5, 5.41) is 0. The highest BCUT2D eigenvalue weighted by Crippen LogP contribution is 2.28. The number of nitrogens with zero attached hydrogens (tertiary/aromatic N) is 2. The van der Waals surface area contributed by atoms with Crippen LogP contribution in [-0.4, -0.2) is 66.2 Å². The van der Waals surface area contributed by atoms with E-state index in [0.29, 0.717) is 13.2 Å². The minimum absolute atomic E-state index is 0.0168. The first kappa shape index (κ1) is 14.8. The zero-order valence-electron chi connectivity index (χ0n) is 12.4. The number of carbonyl (C=O) groups is 1. The predicted octanol–water partition coefficient (Wildman–Crippen LogP) is 0.437. The molecule has 5 nitrogen and oxygen atoms in total. The standard InChI is InChI=1S/C14H27N3O2/c1-13(2,11-15)17-8-6-16(7-9-17)12(18)14(3)5-4-10-19-14/h4-11,15H2,1-3H3. The summed E-state index contributed by atoms with van der Waals surface area (Å²) in [5.74, 6) is 0.162. The van der Waals surface area contributed by atoms with E-state index < -0.39 is 5.60 Å². The molecule has 2 aliphatic heterocycles. The van der Waals surface area contributed by atoms with Gasteiger partial charge in [-0.15, -0.1) is 0 Å². The molecule has 0 radical (unpaired) electrons. The molecule has 5 heteroatoms. The number of hydrogen-bond acceptors (Lipinski definition) is 4. The molecule has 1 atom stereocenters. The summed E-state index contributed by atoms with van der Waals surface area (Å²) in [7, 11) is 0. The van der Waals surface area contributed by atoms with E-state index in [2.05, 4.69) is 18.7 Å². The van der Waals surface area contributed by atoms with Crippen molar-refractivity contribution in [2.24, 2.45) is 5.73 Å². The van der Waals surface area contributed by atoms with Crippen LogP contribution >= 0.6 is 0 Å². The Morgan fingerprint density at radius 3 is 2.42 bits per heavy atom. The maximum atomic E-state index is 12.5. The van der Waals surface area contributed by atoms with Gasteiger partial charge in [0.15, 0.2) is 0 Å². The normalized spacial score (nSPS) is 29.8. The van der Waals surface area contributed by atoms with Crippen LogP contribution in [0.15, 0.2) is 0 Å². The molecule has 0 bridgehead atoms. The lowest BCUT2D eigenvalue weighted by atomic mass is 9.99. The first-order chi connectivity index (χ1) is 8.89. The summed E-state index contributed by atoms with van der Waals surface area (Å²) in [6.07, 6.45) is 1.84. The molecule has 1 amide bonds. The first-order valence-corrected chi connectivity index (χ1v) is 7.27. The van der Waals surface area contributed by atoms with Crippen LogP contribution in [0, 0.1) is 0 Å². The van der Waals surface area contributed by atoms with Crippen molar-refractivity contribution in [3.05, 3.63) is 0 Å². The third-order valence-electron chi connectivity index (χ3n) is 4.59. The molecular weight excluding hydrogens is 242 g/mol. The van der Waals surface area contributed by atoms with Crippen molar-refractivity contribution in [3.63, 3.8) is 0 Å². The van der Waals surface area contributed by atoms with Gasteiger partial charge in [-0.1, -0.05) is 0 Å². The molecule has 2 N–H and O–H groups in total. The molecule has 0 spiro atoms. The zero-order chi connectivity index (χ0) is 14.1. The fourth-order valence-corrected chi connectivity index (χ4v) is 2.93. The van der Waals surface area contributed by atoms with Gasteiger partial charge in [0.05, 0.1) is 0 Å². The second-order valence-electron chi connectivity index (χ2n) is 6.48. The predicted molar refractivity (Wildman–Crippen MR) is 74.9 cm³/mol. The Hall–Kier alpha value is -0.650. The average Bonchev–Trinajstić information content (AvgIpc) is 2.86. The minimum Gasteiger partial charge on any atom is -0.365 e. The quantitative estimate of drug-likeness (QED) is 0.807. The smallest absolute Gasteiger partial charge is 0.254 e. The number of piperazine rings is 1. The maximum Gasteiger partial charge on any atom is 0.254 e. The highest BCUT2D eigenvalue weighted by Gasteiger charge is 2.42. The minimum atomic E-state index is -0.578. The molecule has 2 saturated heterocycles. The fraction of sp³-hybridized carbons (Fsp3) is 0.929. The summed E-state index contributed by atoms with van der Waals surface area (Å²) in [4.78, 5) is 16.8. The lowest BCUT2D eigenvalue weighted by Crippen LogP contribution is -2.60. The number of carbonyl (C=O) groups excluding carboxylic acids is 1. The second-order valence-corrected chi connectivity index (χ2v) is 6.48. The Labute approximate surface area is 116 Å². The lowest BCUT2D eigenvalue weighted by molar-refractivity contribution is -0.153. The molecule has 19 heavy (non-hydrogen) atoms. The van der Waals surface area contributed by atoms with E-state index in [1.54, 1.807) is 0 Å². The molecule has 0 aromatic carbocycles. The monoisotopic (exact) mass is 269 g/mol. The van der Waals surface area contributed by atoms with Crippen molar-refractivity contribution in [2.45, 2.75) is 44.8 Å². The SMILES string of the molecule is CC1(C(=O)N2CCN(C(C)(C)CN)CC2)CCCO1. The van der Waals surface area contributed by atoms with Gasteiger partial charge in [-0.25, -0.2) is 0 Å². The topological polar surface area (TPSA) is 58.8 Å². The van der Waals surface area contributed by atoms with Gasteiger partial charge in [-0.3, -0.25) is 9.69 Å². The van der Waals surface area contributed by atoms with E-state index in [1.807, 2.05) is 11.8 Å². The number of rotatable bonds is 3. The summed E-state index contributed by atoms with van der Waals surface area (Å²) in [6, 6.07) is 0. The largest absolute Gasteiger partial charge is 0.365 e. The Morgan fingerprint density at radius 2 is 1.95 bits per heavy atom. The van der Waals surface area contributed by atoms with Crippen LogP contribution in [0.4, 0.5) is 0 Å². The van der Waals surface area contributed by atoms with E-state index >= 15 is 0 Å². The lowest BCUT2D eigenvalue weighted by Gasteiger charge is -2.44. The summed E-state index contributed by atoms with van der Waals surface area (Å²) in [5.41, 5.74) is 5.25. The molecule has 2 aliphatic rings. The Morgan fingerprint density at radius 1 is 1.32 bits per heavy atom.